The number of fused-ring (bicyclic) bond motifs is 1. The molecule has 7 heteroatoms. The molecule has 35 heavy (non-hydrogen) atoms. The van der Waals surface area contributed by atoms with Crippen molar-refractivity contribution in [2.45, 2.75) is 13.3 Å². The zero-order valence-corrected chi connectivity index (χ0v) is 19.6. The maximum absolute atomic E-state index is 11.9. The second kappa shape index (κ2) is 9.77. The Labute approximate surface area is 203 Å². The van der Waals surface area contributed by atoms with Gasteiger partial charge in [0.25, 0.3) is 0 Å². The monoisotopic (exact) mass is 463 g/mol. The van der Waals surface area contributed by atoms with E-state index in [1.807, 2.05) is 65.2 Å². The molecule has 0 bridgehead atoms. The Kier molecular flexibility index (Phi) is 6.22. The molecule has 0 aliphatic carbocycles. The van der Waals surface area contributed by atoms with Gasteiger partial charge in [-0.25, -0.2) is 15.0 Å². The predicted octanol–water partition coefficient (Wildman–Crippen LogP) is 5.35. The quantitative estimate of drug-likeness (QED) is 0.313. The Morgan fingerprint density at radius 2 is 1.77 bits per heavy atom. The number of benzene rings is 3. The Balaban J connectivity index is 1.53. The number of rotatable bonds is 8. The first-order chi connectivity index (χ1) is 17.1. The normalized spacial score (nSPS) is 10.9. The van der Waals surface area contributed by atoms with Crippen molar-refractivity contribution >= 4 is 22.8 Å². The molecule has 0 unspecified atom stereocenters. The van der Waals surface area contributed by atoms with Crippen molar-refractivity contribution in [3.63, 3.8) is 0 Å². The van der Waals surface area contributed by atoms with E-state index in [-0.39, 0.29) is 5.78 Å². The SMILES string of the molecule is COc1ccc(CCNc2nc(-c3cccc(C(C)=O)c3)nc3c2ncn3-c2ccccc2)cc1. The molecule has 3 aromatic carbocycles. The first-order valence-corrected chi connectivity index (χ1v) is 11.4. The molecule has 0 atom stereocenters. The summed E-state index contributed by atoms with van der Waals surface area (Å²) in [4.78, 5) is 26.2. The molecule has 7 nitrogen and oxygen atoms in total. The molecule has 0 aliphatic heterocycles. The predicted molar refractivity (Wildman–Crippen MR) is 137 cm³/mol. The van der Waals surface area contributed by atoms with Gasteiger partial charge in [0, 0.05) is 23.4 Å². The molecular formula is C28H25N5O2. The lowest BCUT2D eigenvalue weighted by atomic mass is 10.1. The molecule has 0 radical (unpaired) electrons. The van der Waals surface area contributed by atoms with Crippen molar-refractivity contribution in [3.8, 4) is 22.8 Å². The standard InChI is InChI=1S/C28H25N5O2/c1-19(34)21-7-6-8-22(17-21)26-31-27(29-16-15-20-11-13-24(35-2)14-12-20)25-28(32-26)33(18-30-25)23-9-4-3-5-10-23/h3-14,17-18H,15-16H2,1-2H3,(H,29,31,32). The van der Waals surface area contributed by atoms with Gasteiger partial charge in [0.2, 0.25) is 0 Å². The highest BCUT2D eigenvalue weighted by molar-refractivity contribution is 5.95. The third kappa shape index (κ3) is 4.75. The van der Waals surface area contributed by atoms with E-state index in [2.05, 4.69) is 22.4 Å². The molecule has 174 valence electrons. The number of Topliss-reactive ketones (excluding diaryl/α,β-unsaturated/α-hetero) is 1. The van der Waals surface area contributed by atoms with Gasteiger partial charge in [-0.3, -0.25) is 9.36 Å². The summed E-state index contributed by atoms with van der Waals surface area (Å²) < 4.78 is 7.19. The van der Waals surface area contributed by atoms with Gasteiger partial charge < -0.3 is 10.1 Å². The highest BCUT2D eigenvalue weighted by atomic mass is 16.5. The van der Waals surface area contributed by atoms with Gasteiger partial charge in [-0.1, -0.05) is 48.5 Å². The molecule has 0 spiro atoms. The van der Waals surface area contributed by atoms with Crippen LogP contribution in [0.5, 0.6) is 5.75 Å². The van der Waals surface area contributed by atoms with E-state index in [1.54, 1.807) is 26.4 Å². The Morgan fingerprint density at radius 1 is 0.971 bits per heavy atom. The lowest BCUT2D eigenvalue weighted by molar-refractivity contribution is 0.101. The van der Waals surface area contributed by atoms with Crippen LogP contribution < -0.4 is 10.1 Å². The average molecular weight is 464 g/mol. The fraction of sp³-hybridized carbons (Fsp3) is 0.143. The number of nitrogens with one attached hydrogen (secondary N) is 1. The minimum atomic E-state index is 0.0000884. The lowest BCUT2D eigenvalue weighted by Gasteiger charge is -2.11. The number of imidazole rings is 1. The lowest BCUT2D eigenvalue weighted by Crippen LogP contribution is -2.09. The number of hydrogen-bond acceptors (Lipinski definition) is 6. The van der Waals surface area contributed by atoms with Crippen LogP contribution in [0.25, 0.3) is 28.2 Å². The Bertz CT molecular complexity index is 1480. The van der Waals surface area contributed by atoms with E-state index in [4.69, 9.17) is 14.7 Å². The number of methoxy groups -OCH3 is 1. The van der Waals surface area contributed by atoms with Crippen LogP contribution in [-0.2, 0) is 6.42 Å². The second-order valence-corrected chi connectivity index (χ2v) is 8.18. The highest BCUT2D eigenvalue weighted by Gasteiger charge is 2.16. The van der Waals surface area contributed by atoms with Gasteiger partial charge in [-0.15, -0.1) is 0 Å². The number of carbonyl (C=O) groups excluding carboxylic acids is 1. The van der Waals surface area contributed by atoms with E-state index < -0.39 is 0 Å². The van der Waals surface area contributed by atoms with E-state index in [9.17, 15) is 4.79 Å². The summed E-state index contributed by atoms with van der Waals surface area (Å²) in [6.07, 6.45) is 2.57. The third-order valence-corrected chi connectivity index (χ3v) is 5.82. The number of nitrogens with zero attached hydrogens (tertiary/aromatic N) is 4. The number of para-hydroxylation sites is 1. The fourth-order valence-corrected chi connectivity index (χ4v) is 3.92. The Morgan fingerprint density at radius 3 is 2.51 bits per heavy atom. The molecule has 5 rings (SSSR count). The molecule has 0 fully saturated rings. The molecule has 2 aromatic heterocycles. The van der Waals surface area contributed by atoms with Crippen LogP contribution in [0, 0.1) is 0 Å². The first kappa shape index (κ1) is 22.3. The summed E-state index contributed by atoms with van der Waals surface area (Å²) in [7, 11) is 1.66. The van der Waals surface area contributed by atoms with Crippen molar-refractivity contribution < 1.29 is 9.53 Å². The van der Waals surface area contributed by atoms with E-state index in [0.717, 1.165) is 23.4 Å². The fourth-order valence-electron chi connectivity index (χ4n) is 3.92. The van der Waals surface area contributed by atoms with Gasteiger partial charge in [-0.2, -0.15) is 0 Å². The maximum Gasteiger partial charge on any atom is 0.170 e. The van der Waals surface area contributed by atoms with Crippen molar-refractivity contribution in [1.29, 1.82) is 0 Å². The van der Waals surface area contributed by atoms with E-state index >= 15 is 0 Å². The number of carbonyl (C=O) groups is 1. The van der Waals surface area contributed by atoms with Crippen LogP contribution in [-0.4, -0.2) is 39.0 Å². The zero-order chi connectivity index (χ0) is 24.2. The van der Waals surface area contributed by atoms with Gasteiger partial charge >= 0.3 is 0 Å². The highest BCUT2D eigenvalue weighted by Crippen LogP contribution is 2.27. The van der Waals surface area contributed by atoms with Crippen LogP contribution in [0.4, 0.5) is 5.82 Å². The van der Waals surface area contributed by atoms with Gasteiger partial charge in [0.15, 0.2) is 28.6 Å². The average Bonchev–Trinajstić information content (AvgIpc) is 3.34. The van der Waals surface area contributed by atoms with Gasteiger partial charge in [-0.05, 0) is 49.2 Å². The van der Waals surface area contributed by atoms with Crippen molar-refractivity contribution in [1.82, 2.24) is 19.5 Å². The molecule has 1 N–H and O–H groups in total. The topological polar surface area (TPSA) is 81.9 Å². The number of ether oxygens (including phenoxy) is 1. The summed E-state index contributed by atoms with van der Waals surface area (Å²) in [6.45, 7) is 2.23. The second-order valence-electron chi connectivity index (χ2n) is 8.18. The summed E-state index contributed by atoms with van der Waals surface area (Å²) >= 11 is 0. The number of hydrogen-bond donors (Lipinski definition) is 1. The summed E-state index contributed by atoms with van der Waals surface area (Å²) in [5.41, 5.74) is 4.93. The zero-order valence-electron chi connectivity index (χ0n) is 19.6. The smallest absolute Gasteiger partial charge is 0.170 e. The molecule has 0 saturated heterocycles. The minimum Gasteiger partial charge on any atom is -0.497 e. The molecule has 2 heterocycles. The maximum atomic E-state index is 11.9. The molecule has 5 aromatic rings. The Hall–Kier alpha value is -4.52. The summed E-state index contributed by atoms with van der Waals surface area (Å²) in [6, 6.07) is 25.4. The molecule has 0 aliphatic rings. The summed E-state index contributed by atoms with van der Waals surface area (Å²) in [5, 5.41) is 3.45. The van der Waals surface area contributed by atoms with Gasteiger partial charge in [0.05, 0.1) is 7.11 Å². The molecule has 0 amide bonds. The van der Waals surface area contributed by atoms with Crippen LogP contribution in [0.2, 0.25) is 0 Å². The largest absolute Gasteiger partial charge is 0.497 e. The van der Waals surface area contributed by atoms with Crippen LogP contribution in [0.15, 0.2) is 85.2 Å². The van der Waals surface area contributed by atoms with Crippen molar-refractivity contribution in [2.24, 2.45) is 0 Å². The number of aromatic nitrogens is 4. The minimum absolute atomic E-state index is 0.0000884. The van der Waals surface area contributed by atoms with E-state index in [1.165, 1.54) is 5.56 Å². The van der Waals surface area contributed by atoms with Crippen LogP contribution in [0.1, 0.15) is 22.8 Å². The van der Waals surface area contributed by atoms with Crippen molar-refractivity contribution in [3.05, 3.63) is 96.3 Å². The number of anilines is 1. The summed E-state index contributed by atoms with van der Waals surface area (Å²) in [5.74, 6) is 2.02. The molecular weight excluding hydrogens is 438 g/mol. The van der Waals surface area contributed by atoms with Crippen LogP contribution >= 0.6 is 0 Å². The van der Waals surface area contributed by atoms with Crippen LogP contribution in [0.3, 0.4) is 0 Å². The van der Waals surface area contributed by atoms with E-state index in [0.29, 0.717) is 34.9 Å². The third-order valence-electron chi connectivity index (χ3n) is 5.82. The number of ketones is 1. The first-order valence-electron chi connectivity index (χ1n) is 11.4. The van der Waals surface area contributed by atoms with Crippen molar-refractivity contribution in [2.75, 3.05) is 19.0 Å². The van der Waals surface area contributed by atoms with Gasteiger partial charge in [0.1, 0.15) is 12.1 Å². The molecule has 0 saturated carbocycles.